The van der Waals surface area contributed by atoms with Crippen molar-refractivity contribution in [3.05, 3.63) is 51.2 Å². The third kappa shape index (κ3) is 2.68. The number of ketones is 1. The van der Waals surface area contributed by atoms with E-state index in [1.807, 2.05) is 6.92 Å². The van der Waals surface area contributed by atoms with Crippen molar-refractivity contribution in [1.29, 1.82) is 0 Å². The lowest BCUT2D eigenvalue weighted by Crippen LogP contribution is -2.39. The average Bonchev–Trinajstić information content (AvgIpc) is 3.18. The molecule has 2 unspecified atom stereocenters. The van der Waals surface area contributed by atoms with Crippen molar-refractivity contribution in [3.8, 4) is 0 Å². The van der Waals surface area contributed by atoms with Crippen LogP contribution in [0.2, 0.25) is 5.02 Å². The number of benzene rings is 1. The average molecular weight is 362 g/mol. The molecular weight excluding hydrogens is 346 g/mol. The number of hydrogen-bond donors (Lipinski definition) is 0. The lowest BCUT2D eigenvalue weighted by Gasteiger charge is -2.19. The number of halogens is 1. The first kappa shape index (κ1) is 16.9. The SMILES string of the molecule is CCC(C)C(=O)N1C(=O)C(C(=O)c2cccs2)c2cc(Cl)ccc21. The lowest BCUT2D eigenvalue weighted by molar-refractivity contribution is -0.128. The van der Waals surface area contributed by atoms with E-state index in [4.69, 9.17) is 11.6 Å². The Morgan fingerprint density at radius 1 is 1.33 bits per heavy atom. The van der Waals surface area contributed by atoms with Crippen LogP contribution in [0.25, 0.3) is 0 Å². The molecule has 6 heteroatoms. The van der Waals surface area contributed by atoms with Gasteiger partial charge in [-0.3, -0.25) is 14.4 Å². The Labute approximate surface area is 149 Å². The molecule has 0 radical (unpaired) electrons. The second-order valence-corrected chi connectivity index (χ2v) is 7.18. The Morgan fingerprint density at radius 2 is 2.08 bits per heavy atom. The second-order valence-electron chi connectivity index (χ2n) is 5.80. The van der Waals surface area contributed by atoms with E-state index in [0.717, 1.165) is 4.90 Å². The molecule has 2 heterocycles. The van der Waals surface area contributed by atoms with Crippen molar-refractivity contribution < 1.29 is 14.4 Å². The number of thiophene rings is 1. The van der Waals surface area contributed by atoms with Gasteiger partial charge in [0.1, 0.15) is 5.92 Å². The summed E-state index contributed by atoms with van der Waals surface area (Å²) >= 11 is 7.34. The van der Waals surface area contributed by atoms with E-state index in [2.05, 4.69) is 0 Å². The zero-order valence-corrected chi connectivity index (χ0v) is 14.9. The molecule has 24 heavy (non-hydrogen) atoms. The van der Waals surface area contributed by atoms with Gasteiger partial charge in [-0.1, -0.05) is 31.5 Å². The minimum Gasteiger partial charge on any atom is -0.292 e. The summed E-state index contributed by atoms with van der Waals surface area (Å²) < 4.78 is 0. The zero-order chi connectivity index (χ0) is 17.4. The first-order chi connectivity index (χ1) is 11.5. The number of hydrogen-bond acceptors (Lipinski definition) is 4. The number of imide groups is 1. The molecule has 0 spiro atoms. The van der Waals surface area contributed by atoms with Gasteiger partial charge in [0, 0.05) is 10.9 Å². The van der Waals surface area contributed by atoms with Gasteiger partial charge in [0.15, 0.2) is 5.78 Å². The number of carbonyl (C=O) groups is 3. The summed E-state index contributed by atoms with van der Waals surface area (Å²) in [4.78, 5) is 40.0. The molecule has 2 aromatic rings. The third-order valence-corrected chi connectivity index (χ3v) is 5.41. The highest BCUT2D eigenvalue weighted by atomic mass is 35.5. The van der Waals surface area contributed by atoms with Gasteiger partial charge in [-0.25, -0.2) is 4.90 Å². The Bertz CT molecular complexity index is 816. The van der Waals surface area contributed by atoms with E-state index in [1.165, 1.54) is 11.3 Å². The molecule has 3 rings (SSSR count). The normalized spacial score (nSPS) is 17.7. The molecule has 0 saturated heterocycles. The summed E-state index contributed by atoms with van der Waals surface area (Å²) in [6.07, 6.45) is 0.620. The van der Waals surface area contributed by atoms with Crippen LogP contribution in [-0.4, -0.2) is 17.6 Å². The number of nitrogens with zero attached hydrogens (tertiary/aromatic N) is 1. The smallest absolute Gasteiger partial charge is 0.249 e. The molecule has 2 atom stereocenters. The van der Waals surface area contributed by atoms with Crippen molar-refractivity contribution in [2.75, 3.05) is 4.90 Å². The van der Waals surface area contributed by atoms with Crippen LogP contribution < -0.4 is 4.90 Å². The fourth-order valence-electron chi connectivity index (χ4n) is 2.78. The number of carbonyl (C=O) groups excluding carboxylic acids is 3. The fraction of sp³-hybridized carbons (Fsp3) is 0.278. The highest BCUT2D eigenvalue weighted by Gasteiger charge is 2.45. The monoisotopic (exact) mass is 361 g/mol. The lowest BCUT2D eigenvalue weighted by atomic mass is 9.95. The predicted octanol–water partition coefficient (Wildman–Crippen LogP) is 4.29. The third-order valence-electron chi connectivity index (χ3n) is 4.29. The Morgan fingerprint density at radius 3 is 2.71 bits per heavy atom. The highest BCUT2D eigenvalue weighted by Crippen LogP contribution is 2.41. The maximum absolute atomic E-state index is 12.9. The molecule has 1 aliphatic rings. The standard InChI is InChI=1S/C18H16ClNO3S/c1-3-10(2)17(22)20-13-7-6-11(19)9-12(13)15(18(20)23)16(21)14-5-4-8-24-14/h4-10,15H,3H2,1-2H3. The van der Waals surface area contributed by atoms with E-state index in [9.17, 15) is 14.4 Å². The molecule has 124 valence electrons. The fourth-order valence-corrected chi connectivity index (χ4v) is 3.65. The highest BCUT2D eigenvalue weighted by molar-refractivity contribution is 7.12. The van der Waals surface area contributed by atoms with Gasteiger partial charge >= 0.3 is 0 Å². The van der Waals surface area contributed by atoms with Crippen LogP contribution in [-0.2, 0) is 9.59 Å². The second kappa shape index (κ2) is 6.49. The number of Topliss-reactive ketones (excluding diaryl/α,β-unsaturated/α-hetero) is 1. The van der Waals surface area contributed by atoms with Crippen molar-refractivity contribution >= 4 is 46.2 Å². The summed E-state index contributed by atoms with van der Waals surface area (Å²) in [6.45, 7) is 3.67. The van der Waals surface area contributed by atoms with Crippen LogP contribution in [0.5, 0.6) is 0 Å². The Hall–Kier alpha value is -1.98. The molecule has 1 aromatic carbocycles. The van der Waals surface area contributed by atoms with Gasteiger partial charge < -0.3 is 0 Å². The molecule has 2 amide bonds. The van der Waals surface area contributed by atoms with Crippen molar-refractivity contribution in [3.63, 3.8) is 0 Å². The van der Waals surface area contributed by atoms with Gasteiger partial charge in [0.2, 0.25) is 11.8 Å². The summed E-state index contributed by atoms with van der Waals surface area (Å²) in [6, 6.07) is 8.32. The Balaban J connectivity index is 2.09. The number of rotatable bonds is 4. The first-order valence-electron chi connectivity index (χ1n) is 7.70. The van der Waals surface area contributed by atoms with Gasteiger partial charge in [-0.2, -0.15) is 0 Å². The quantitative estimate of drug-likeness (QED) is 0.603. The molecule has 0 bridgehead atoms. The predicted molar refractivity (Wildman–Crippen MR) is 94.8 cm³/mol. The van der Waals surface area contributed by atoms with Gasteiger partial charge in [-0.15, -0.1) is 11.3 Å². The van der Waals surface area contributed by atoms with Gasteiger partial charge in [0.25, 0.3) is 0 Å². The largest absolute Gasteiger partial charge is 0.292 e. The van der Waals surface area contributed by atoms with Crippen LogP contribution in [0.1, 0.15) is 41.4 Å². The summed E-state index contributed by atoms with van der Waals surface area (Å²) in [5.74, 6) is -2.38. The van der Waals surface area contributed by atoms with E-state index >= 15 is 0 Å². The van der Waals surface area contributed by atoms with E-state index in [-0.39, 0.29) is 17.6 Å². The zero-order valence-electron chi connectivity index (χ0n) is 13.3. The van der Waals surface area contributed by atoms with E-state index in [1.54, 1.807) is 42.6 Å². The summed E-state index contributed by atoms with van der Waals surface area (Å²) in [5, 5.41) is 2.22. The minimum absolute atomic E-state index is 0.285. The molecule has 4 nitrogen and oxygen atoms in total. The van der Waals surface area contributed by atoms with Crippen LogP contribution in [0.4, 0.5) is 5.69 Å². The molecule has 1 aromatic heterocycles. The van der Waals surface area contributed by atoms with Gasteiger partial charge in [0.05, 0.1) is 10.6 Å². The van der Waals surface area contributed by atoms with Crippen LogP contribution >= 0.6 is 22.9 Å². The summed E-state index contributed by atoms with van der Waals surface area (Å²) in [5.41, 5.74) is 0.965. The molecule has 0 aliphatic carbocycles. The minimum atomic E-state index is -1.01. The van der Waals surface area contributed by atoms with Crippen molar-refractivity contribution in [1.82, 2.24) is 0 Å². The molecular formula is C18H16ClNO3S. The molecule has 0 N–H and O–H groups in total. The van der Waals surface area contributed by atoms with Crippen LogP contribution in [0.3, 0.4) is 0 Å². The topological polar surface area (TPSA) is 54.5 Å². The molecule has 1 aliphatic heterocycles. The van der Waals surface area contributed by atoms with E-state index in [0.29, 0.717) is 27.6 Å². The molecule has 0 fully saturated rings. The van der Waals surface area contributed by atoms with Crippen LogP contribution in [0, 0.1) is 5.92 Å². The van der Waals surface area contributed by atoms with Gasteiger partial charge in [-0.05, 0) is 41.6 Å². The number of fused-ring (bicyclic) bond motifs is 1. The first-order valence-corrected chi connectivity index (χ1v) is 8.96. The number of amides is 2. The number of anilines is 1. The van der Waals surface area contributed by atoms with Crippen molar-refractivity contribution in [2.45, 2.75) is 26.2 Å². The van der Waals surface area contributed by atoms with Crippen molar-refractivity contribution in [2.24, 2.45) is 5.92 Å². The maximum atomic E-state index is 12.9. The Kier molecular flexibility index (Phi) is 4.56. The summed E-state index contributed by atoms with van der Waals surface area (Å²) in [7, 11) is 0. The maximum Gasteiger partial charge on any atom is 0.249 e. The van der Waals surface area contributed by atoms with E-state index < -0.39 is 11.8 Å². The van der Waals surface area contributed by atoms with Crippen LogP contribution in [0.15, 0.2) is 35.7 Å². The molecule has 0 saturated carbocycles.